The van der Waals surface area contributed by atoms with Crippen molar-refractivity contribution in [3.63, 3.8) is 0 Å². The van der Waals surface area contributed by atoms with E-state index in [2.05, 4.69) is 9.88 Å². The number of hydrogen-bond acceptors (Lipinski definition) is 2. The number of benzene rings is 2. The highest BCUT2D eigenvalue weighted by atomic mass is 35.5. The molecule has 4 nitrogen and oxygen atoms in total. The molecule has 1 N–H and O–H groups in total. The molecule has 3 aromatic rings. The van der Waals surface area contributed by atoms with Crippen LogP contribution < -0.4 is 5.32 Å². The Bertz CT molecular complexity index is 1120. The zero-order valence-corrected chi connectivity index (χ0v) is 17.8. The second-order valence-corrected chi connectivity index (χ2v) is 7.74. The maximum absolute atomic E-state index is 12.4. The van der Waals surface area contributed by atoms with E-state index in [1.807, 2.05) is 62.5 Å². The van der Waals surface area contributed by atoms with Crippen LogP contribution in [0.15, 0.2) is 54.2 Å². The van der Waals surface area contributed by atoms with Gasteiger partial charge in [-0.25, -0.2) is 0 Å². The van der Waals surface area contributed by atoms with Crippen LogP contribution in [0, 0.1) is 11.3 Å². The molecule has 0 bridgehead atoms. The van der Waals surface area contributed by atoms with Crippen LogP contribution in [0.25, 0.3) is 17.0 Å². The number of amides is 1. The molecule has 1 atom stereocenters. The van der Waals surface area contributed by atoms with Crippen molar-refractivity contribution >= 4 is 46.1 Å². The van der Waals surface area contributed by atoms with Crippen molar-refractivity contribution in [1.82, 2.24) is 9.88 Å². The summed E-state index contributed by atoms with van der Waals surface area (Å²) in [6, 6.07) is 15.5. The van der Waals surface area contributed by atoms with E-state index < -0.39 is 0 Å². The first-order chi connectivity index (χ1) is 13.9. The van der Waals surface area contributed by atoms with Gasteiger partial charge in [0.1, 0.15) is 11.6 Å². The molecule has 2 aromatic carbocycles. The van der Waals surface area contributed by atoms with Gasteiger partial charge < -0.3 is 9.88 Å². The Hall–Kier alpha value is -2.74. The fourth-order valence-corrected chi connectivity index (χ4v) is 3.38. The van der Waals surface area contributed by atoms with Crippen LogP contribution in [0.5, 0.6) is 0 Å². The Morgan fingerprint density at radius 3 is 2.69 bits per heavy atom. The van der Waals surface area contributed by atoms with Gasteiger partial charge in [-0.05, 0) is 43.2 Å². The lowest BCUT2D eigenvalue weighted by molar-refractivity contribution is -0.117. The first-order valence-corrected chi connectivity index (χ1v) is 10.1. The van der Waals surface area contributed by atoms with E-state index in [4.69, 9.17) is 23.2 Å². The lowest BCUT2D eigenvalue weighted by atomic mass is 10.1. The van der Waals surface area contributed by atoms with E-state index in [1.54, 1.807) is 12.1 Å². The van der Waals surface area contributed by atoms with Crippen LogP contribution in [0.1, 0.15) is 31.4 Å². The molecule has 0 aliphatic carbocycles. The van der Waals surface area contributed by atoms with Gasteiger partial charge in [0.05, 0.1) is 10.0 Å². The van der Waals surface area contributed by atoms with Crippen LogP contribution in [0.3, 0.4) is 0 Å². The minimum absolute atomic E-state index is 0.00949. The van der Waals surface area contributed by atoms with Crippen molar-refractivity contribution in [1.29, 1.82) is 5.26 Å². The molecule has 0 unspecified atom stereocenters. The van der Waals surface area contributed by atoms with E-state index in [-0.39, 0.29) is 17.5 Å². The summed E-state index contributed by atoms with van der Waals surface area (Å²) < 4.78 is 2.07. The van der Waals surface area contributed by atoms with Crippen molar-refractivity contribution < 1.29 is 4.79 Å². The minimum atomic E-state index is -0.358. The second-order valence-electron chi connectivity index (χ2n) is 6.93. The number of nitriles is 1. The fraction of sp³-hybridized carbons (Fsp3) is 0.217. The van der Waals surface area contributed by atoms with Crippen molar-refractivity contribution in [3.05, 3.63) is 75.4 Å². The number of hydrogen-bond donors (Lipinski definition) is 1. The molecule has 3 rings (SSSR count). The number of nitrogens with one attached hydrogen (secondary N) is 1. The highest BCUT2D eigenvalue weighted by molar-refractivity contribution is 6.42. The van der Waals surface area contributed by atoms with Gasteiger partial charge in [0.25, 0.3) is 5.91 Å². The highest BCUT2D eigenvalue weighted by Crippen LogP contribution is 2.27. The Balaban J connectivity index is 2.00. The van der Waals surface area contributed by atoms with Gasteiger partial charge in [0.2, 0.25) is 0 Å². The molecule has 0 saturated carbocycles. The summed E-state index contributed by atoms with van der Waals surface area (Å²) in [6.07, 6.45) is 4.39. The number of carbonyl (C=O) groups is 1. The maximum Gasteiger partial charge on any atom is 0.262 e. The SMILES string of the molecule is CC[C@@H](C)NC(=O)/C(C#N)=C/c1cn(Cc2ccc(Cl)c(Cl)c2)c2ccccc12. The minimum Gasteiger partial charge on any atom is -0.349 e. The predicted octanol–water partition coefficient (Wildman–Crippen LogP) is 5.82. The molecule has 148 valence electrons. The Labute approximate surface area is 180 Å². The normalized spacial score (nSPS) is 12.6. The van der Waals surface area contributed by atoms with Crippen LogP contribution >= 0.6 is 23.2 Å². The first kappa shape index (κ1) is 21.0. The number of carbonyl (C=O) groups excluding carboxylic acids is 1. The zero-order valence-electron chi connectivity index (χ0n) is 16.2. The molecule has 1 amide bonds. The number of para-hydroxylation sites is 1. The van der Waals surface area contributed by atoms with Gasteiger partial charge in [-0.3, -0.25) is 4.79 Å². The predicted molar refractivity (Wildman–Crippen MR) is 119 cm³/mol. The van der Waals surface area contributed by atoms with E-state index in [9.17, 15) is 10.1 Å². The summed E-state index contributed by atoms with van der Waals surface area (Å²) in [6.45, 7) is 4.49. The largest absolute Gasteiger partial charge is 0.349 e. The van der Waals surface area contributed by atoms with Gasteiger partial charge in [-0.1, -0.05) is 54.4 Å². The molecular weight excluding hydrogens is 405 g/mol. The average molecular weight is 426 g/mol. The molecule has 0 saturated heterocycles. The average Bonchev–Trinajstić information content (AvgIpc) is 3.06. The van der Waals surface area contributed by atoms with Gasteiger partial charge in [-0.2, -0.15) is 5.26 Å². The summed E-state index contributed by atoms with van der Waals surface area (Å²) >= 11 is 12.2. The van der Waals surface area contributed by atoms with Gasteiger partial charge in [-0.15, -0.1) is 0 Å². The third kappa shape index (κ3) is 4.82. The van der Waals surface area contributed by atoms with Crippen molar-refractivity contribution in [2.75, 3.05) is 0 Å². The zero-order chi connectivity index (χ0) is 21.0. The quantitative estimate of drug-likeness (QED) is 0.399. The van der Waals surface area contributed by atoms with Crippen LogP contribution in [0.2, 0.25) is 10.0 Å². The summed E-state index contributed by atoms with van der Waals surface area (Å²) in [5, 5.41) is 14.3. The summed E-state index contributed by atoms with van der Waals surface area (Å²) in [5.41, 5.74) is 2.91. The lowest BCUT2D eigenvalue weighted by Crippen LogP contribution is -2.32. The molecule has 6 heteroatoms. The Kier molecular flexibility index (Phi) is 6.64. The highest BCUT2D eigenvalue weighted by Gasteiger charge is 2.14. The second kappa shape index (κ2) is 9.17. The van der Waals surface area contributed by atoms with Crippen LogP contribution in [-0.2, 0) is 11.3 Å². The molecule has 0 spiro atoms. The molecule has 1 aromatic heterocycles. The Morgan fingerprint density at radius 1 is 1.24 bits per heavy atom. The van der Waals surface area contributed by atoms with Gasteiger partial charge >= 0.3 is 0 Å². The smallest absolute Gasteiger partial charge is 0.262 e. The fourth-order valence-electron chi connectivity index (χ4n) is 3.06. The third-order valence-corrected chi connectivity index (χ3v) is 5.55. The third-order valence-electron chi connectivity index (χ3n) is 4.81. The van der Waals surface area contributed by atoms with Crippen molar-refractivity contribution in [2.45, 2.75) is 32.9 Å². The van der Waals surface area contributed by atoms with Crippen LogP contribution in [0.4, 0.5) is 0 Å². The number of aromatic nitrogens is 1. The number of nitrogens with zero attached hydrogens (tertiary/aromatic N) is 2. The summed E-state index contributed by atoms with van der Waals surface area (Å²) in [7, 11) is 0. The molecule has 0 aliphatic heterocycles. The number of rotatable bonds is 6. The number of halogens is 2. The molecule has 1 heterocycles. The van der Waals surface area contributed by atoms with Crippen molar-refractivity contribution in [2.24, 2.45) is 0 Å². The number of fused-ring (bicyclic) bond motifs is 1. The maximum atomic E-state index is 12.4. The van der Waals surface area contributed by atoms with Crippen molar-refractivity contribution in [3.8, 4) is 6.07 Å². The molecular formula is C23H21Cl2N3O. The van der Waals surface area contributed by atoms with E-state index in [1.165, 1.54) is 0 Å². The molecule has 29 heavy (non-hydrogen) atoms. The van der Waals surface area contributed by atoms with Gasteiger partial charge in [0.15, 0.2) is 0 Å². The molecule has 0 fully saturated rings. The standard InChI is InChI=1S/C23H21Cl2N3O/c1-3-15(2)27-23(29)17(12-26)11-18-14-28(22-7-5-4-6-19(18)22)13-16-8-9-20(24)21(25)10-16/h4-11,14-15H,3,13H2,1-2H3,(H,27,29)/b17-11+/t15-/m1/s1. The lowest BCUT2D eigenvalue weighted by Gasteiger charge is -2.10. The molecule has 0 radical (unpaired) electrons. The van der Waals surface area contributed by atoms with E-state index in [0.29, 0.717) is 16.6 Å². The molecule has 0 aliphatic rings. The summed E-state index contributed by atoms with van der Waals surface area (Å²) in [4.78, 5) is 12.4. The summed E-state index contributed by atoms with van der Waals surface area (Å²) in [5.74, 6) is -0.358. The van der Waals surface area contributed by atoms with Crippen LogP contribution in [-0.4, -0.2) is 16.5 Å². The van der Waals surface area contributed by atoms with E-state index in [0.717, 1.165) is 28.5 Å². The van der Waals surface area contributed by atoms with E-state index >= 15 is 0 Å². The Morgan fingerprint density at radius 2 is 2.00 bits per heavy atom. The topological polar surface area (TPSA) is 57.8 Å². The first-order valence-electron chi connectivity index (χ1n) is 9.37. The van der Waals surface area contributed by atoms with Gasteiger partial charge in [0, 0.05) is 35.2 Å². The monoisotopic (exact) mass is 425 g/mol.